The van der Waals surface area contributed by atoms with Crippen LogP contribution in [0.4, 0.5) is 4.39 Å². The first-order chi connectivity index (χ1) is 13.4. The highest BCUT2D eigenvalue weighted by Gasteiger charge is 1.94. The molecule has 0 amide bonds. The van der Waals surface area contributed by atoms with Crippen LogP contribution in [0.2, 0.25) is 0 Å². The summed E-state index contributed by atoms with van der Waals surface area (Å²) in [5, 5.41) is 0. The van der Waals surface area contributed by atoms with Gasteiger partial charge in [0, 0.05) is 0 Å². The van der Waals surface area contributed by atoms with Crippen LogP contribution in [0, 0.1) is 0 Å². The molecule has 0 bridgehead atoms. The summed E-state index contributed by atoms with van der Waals surface area (Å²) in [4.78, 5) is 0. The van der Waals surface area contributed by atoms with E-state index >= 15 is 0 Å². The number of rotatable bonds is 24. The first kappa shape index (κ1) is 26.2. The molecule has 0 aliphatic rings. The van der Waals surface area contributed by atoms with E-state index < -0.39 is 6.67 Å². The van der Waals surface area contributed by atoms with Gasteiger partial charge in [-0.15, -0.1) is 0 Å². The zero-order valence-electron chi connectivity index (χ0n) is 16.2. The fourth-order valence-corrected chi connectivity index (χ4v) is 1.67. The molecular formula is C18H35FO8. The molecule has 0 rings (SSSR count). The van der Waals surface area contributed by atoms with Gasteiger partial charge in [0.15, 0.2) is 0 Å². The Hall–Kier alpha value is -0.810. The quantitative estimate of drug-likeness (QED) is 0.178. The molecule has 0 unspecified atom stereocenters. The average molecular weight is 398 g/mol. The van der Waals surface area contributed by atoms with E-state index in [1.807, 2.05) is 0 Å². The van der Waals surface area contributed by atoms with Crippen LogP contribution in [0.3, 0.4) is 0 Å². The smallest absolute Gasteiger partial charge is 0.113 e. The van der Waals surface area contributed by atoms with E-state index in [-0.39, 0.29) is 6.61 Å². The van der Waals surface area contributed by atoms with Crippen LogP contribution in [-0.2, 0) is 37.9 Å². The number of ether oxygens (including phenoxy) is 8. The molecule has 9 heteroatoms. The second kappa shape index (κ2) is 25.2. The SMILES string of the molecule is C=COCCOCCOCCOCCOCCOCCOCCOCCF. The third-order valence-electron chi connectivity index (χ3n) is 2.92. The fourth-order valence-electron chi connectivity index (χ4n) is 1.67. The van der Waals surface area contributed by atoms with Gasteiger partial charge in [0.2, 0.25) is 0 Å². The molecule has 27 heavy (non-hydrogen) atoms. The lowest BCUT2D eigenvalue weighted by molar-refractivity contribution is -0.0219. The first-order valence-corrected chi connectivity index (χ1v) is 9.24. The van der Waals surface area contributed by atoms with Crippen LogP contribution in [0.15, 0.2) is 12.8 Å². The summed E-state index contributed by atoms with van der Waals surface area (Å²) in [6, 6.07) is 0. The summed E-state index contributed by atoms with van der Waals surface area (Å²) < 4.78 is 53.5. The van der Waals surface area contributed by atoms with Crippen molar-refractivity contribution in [3.05, 3.63) is 12.8 Å². The van der Waals surface area contributed by atoms with E-state index in [0.717, 1.165) is 0 Å². The maximum atomic E-state index is 11.7. The Kier molecular flexibility index (Phi) is 24.4. The molecule has 0 spiro atoms. The van der Waals surface area contributed by atoms with E-state index in [9.17, 15) is 4.39 Å². The minimum atomic E-state index is -0.467. The van der Waals surface area contributed by atoms with Crippen molar-refractivity contribution < 1.29 is 42.3 Å². The van der Waals surface area contributed by atoms with Crippen molar-refractivity contribution in [3.63, 3.8) is 0 Å². The highest BCUT2D eigenvalue weighted by Crippen LogP contribution is 1.85. The van der Waals surface area contributed by atoms with Crippen LogP contribution in [0.1, 0.15) is 0 Å². The average Bonchev–Trinajstić information content (AvgIpc) is 2.68. The van der Waals surface area contributed by atoms with Crippen molar-refractivity contribution in [2.45, 2.75) is 0 Å². The Morgan fingerprint density at radius 2 is 0.704 bits per heavy atom. The summed E-state index contributed by atoms with van der Waals surface area (Å²) in [7, 11) is 0. The minimum absolute atomic E-state index is 0.121. The standard InChI is InChI=1S/C18H35FO8/c1-2-20-5-6-22-9-10-24-13-14-26-17-18-27-16-15-25-12-11-23-8-7-21-4-3-19/h2H,1,3-18H2. The minimum Gasteiger partial charge on any atom is -0.499 e. The summed E-state index contributed by atoms with van der Waals surface area (Å²) in [5.74, 6) is 0. The second-order valence-electron chi connectivity index (χ2n) is 5.01. The molecule has 0 fully saturated rings. The van der Waals surface area contributed by atoms with Crippen molar-refractivity contribution in [1.29, 1.82) is 0 Å². The first-order valence-electron chi connectivity index (χ1n) is 9.24. The van der Waals surface area contributed by atoms with Crippen LogP contribution in [-0.4, -0.2) is 106 Å². The van der Waals surface area contributed by atoms with Gasteiger partial charge in [-0.05, 0) is 0 Å². The predicted octanol–water partition coefficient (Wildman–Crippen LogP) is 1.23. The third-order valence-corrected chi connectivity index (χ3v) is 2.92. The molecular weight excluding hydrogens is 363 g/mol. The largest absolute Gasteiger partial charge is 0.499 e. The van der Waals surface area contributed by atoms with Crippen molar-refractivity contribution in [3.8, 4) is 0 Å². The molecule has 8 nitrogen and oxygen atoms in total. The third kappa shape index (κ3) is 25.2. The second-order valence-corrected chi connectivity index (χ2v) is 5.01. The molecule has 162 valence electrons. The van der Waals surface area contributed by atoms with E-state index in [1.54, 1.807) is 0 Å². The Balaban J connectivity index is 2.96. The van der Waals surface area contributed by atoms with E-state index in [1.165, 1.54) is 6.26 Å². The molecule has 0 heterocycles. The maximum Gasteiger partial charge on any atom is 0.113 e. The van der Waals surface area contributed by atoms with Gasteiger partial charge in [0.25, 0.3) is 0 Å². The zero-order valence-corrected chi connectivity index (χ0v) is 16.2. The maximum absolute atomic E-state index is 11.7. The Morgan fingerprint density at radius 1 is 0.444 bits per heavy atom. The Labute approximate surface area is 161 Å². The van der Waals surface area contributed by atoms with Crippen LogP contribution < -0.4 is 0 Å². The van der Waals surface area contributed by atoms with Gasteiger partial charge in [0.05, 0.1) is 98.8 Å². The van der Waals surface area contributed by atoms with E-state index in [2.05, 4.69) is 6.58 Å². The Bertz CT molecular complexity index is 284. The zero-order chi connectivity index (χ0) is 19.7. The highest BCUT2D eigenvalue weighted by atomic mass is 19.1. The molecule has 0 aromatic rings. The predicted molar refractivity (Wildman–Crippen MR) is 97.9 cm³/mol. The molecule has 0 radical (unpaired) electrons. The van der Waals surface area contributed by atoms with Gasteiger partial charge in [-0.2, -0.15) is 0 Å². The van der Waals surface area contributed by atoms with Crippen molar-refractivity contribution in [1.82, 2.24) is 0 Å². The van der Waals surface area contributed by atoms with Gasteiger partial charge in [-0.25, -0.2) is 4.39 Å². The van der Waals surface area contributed by atoms with Crippen LogP contribution >= 0.6 is 0 Å². The van der Waals surface area contributed by atoms with Gasteiger partial charge >= 0.3 is 0 Å². The molecule has 0 aromatic heterocycles. The lowest BCUT2D eigenvalue weighted by Crippen LogP contribution is -2.14. The normalized spacial score (nSPS) is 11.0. The van der Waals surface area contributed by atoms with Crippen molar-refractivity contribution in [2.24, 2.45) is 0 Å². The number of alkyl halides is 1. The van der Waals surface area contributed by atoms with Crippen LogP contribution in [0.25, 0.3) is 0 Å². The van der Waals surface area contributed by atoms with E-state index in [4.69, 9.17) is 37.9 Å². The monoisotopic (exact) mass is 398 g/mol. The topological polar surface area (TPSA) is 73.8 Å². The van der Waals surface area contributed by atoms with Gasteiger partial charge in [0.1, 0.15) is 13.3 Å². The van der Waals surface area contributed by atoms with Crippen molar-refractivity contribution in [2.75, 3.05) is 106 Å². The number of hydrogen-bond acceptors (Lipinski definition) is 8. The fraction of sp³-hybridized carbons (Fsp3) is 0.889. The van der Waals surface area contributed by atoms with Gasteiger partial charge < -0.3 is 37.9 Å². The van der Waals surface area contributed by atoms with Crippen LogP contribution in [0.5, 0.6) is 0 Å². The molecule has 0 aliphatic carbocycles. The van der Waals surface area contributed by atoms with Crippen molar-refractivity contribution >= 4 is 0 Å². The van der Waals surface area contributed by atoms with Gasteiger partial charge in [-0.3, -0.25) is 0 Å². The molecule has 0 saturated heterocycles. The number of halogens is 1. The number of hydrogen-bond donors (Lipinski definition) is 0. The lowest BCUT2D eigenvalue weighted by atomic mass is 10.6. The summed E-state index contributed by atoms with van der Waals surface area (Å²) >= 11 is 0. The highest BCUT2D eigenvalue weighted by molar-refractivity contribution is 4.47. The Morgan fingerprint density at radius 3 is 0.963 bits per heavy atom. The van der Waals surface area contributed by atoms with E-state index in [0.29, 0.717) is 92.5 Å². The summed E-state index contributed by atoms with van der Waals surface area (Å²) in [6.07, 6.45) is 1.39. The molecule has 0 atom stereocenters. The summed E-state index contributed by atoms with van der Waals surface area (Å²) in [6.45, 7) is 10.1. The molecule has 0 saturated carbocycles. The lowest BCUT2D eigenvalue weighted by Gasteiger charge is -2.08. The molecule has 0 N–H and O–H groups in total. The molecule has 0 aliphatic heterocycles. The molecule has 0 aromatic carbocycles. The van der Waals surface area contributed by atoms with Gasteiger partial charge in [-0.1, -0.05) is 6.58 Å². The summed E-state index contributed by atoms with van der Waals surface area (Å²) in [5.41, 5.74) is 0.